The van der Waals surface area contributed by atoms with Crippen LogP contribution in [0, 0.1) is 11.6 Å². The van der Waals surface area contributed by atoms with Gasteiger partial charge in [-0.2, -0.15) is 5.10 Å². The lowest BCUT2D eigenvalue weighted by atomic mass is 10.2. The summed E-state index contributed by atoms with van der Waals surface area (Å²) in [7, 11) is 1.57. The molecule has 1 aromatic heterocycles. The van der Waals surface area contributed by atoms with Crippen LogP contribution in [0.1, 0.15) is 16.1 Å². The molecule has 2 aromatic rings. The minimum atomic E-state index is -1.19. The predicted molar refractivity (Wildman–Crippen MR) is 63.9 cm³/mol. The maximum Gasteiger partial charge on any atom is 0.358 e. The zero-order valence-electron chi connectivity index (χ0n) is 10.0. The van der Waals surface area contributed by atoms with E-state index in [0.29, 0.717) is 0 Å². The Bertz CT molecular complexity index is 625. The molecule has 0 bridgehead atoms. The van der Waals surface area contributed by atoms with E-state index in [1.54, 1.807) is 7.05 Å². The number of hydrogen-bond donors (Lipinski definition) is 2. The van der Waals surface area contributed by atoms with Crippen molar-refractivity contribution in [2.45, 2.75) is 6.54 Å². The lowest BCUT2D eigenvalue weighted by Gasteiger charge is -2.06. The van der Waals surface area contributed by atoms with E-state index in [0.717, 1.165) is 6.07 Å². The van der Waals surface area contributed by atoms with Crippen LogP contribution >= 0.6 is 0 Å². The quantitative estimate of drug-likeness (QED) is 0.889. The first-order valence-electron chi connectivity index (χ1n) is 5.42. The first-order chi connectivity index (χ1) is 8.99. The Morgan fingerprint density at radius 2 is 2.21 bits per heavy atom. The number of aromatic nitrogens is 2. The molecule has 0 fully saturated rings. The molecule has 0 aliphatic carbocycles. The largest absolute Gasteiger partial charge is 0.476 e. The Balaban J connectivity index is 2.19. The number of nitrogens with zero attached hydrogens (tertiary/aromatic N) is 2. The van der Waals surface area contributed by atoms with Crippen LogP contribution in [0.5, 0.6) is 0 Å². The molecular formula is C12H11F2N3O2. The Hall–Kier alpha value is -2.44. The van der Waals surface area contributed by atoms with E-state index in [1.807, 2.05) is 0 Å². The van der Waals surface area contributed by atoms with Gasteiger partial charge in [-0.25, -0.2) is 13.6 Å². The van der Waals surface area contributed by atoms with Gasteiger partial charge < -0.3 is 10.4 Å². The lowest BCUT2D eigenvalue weighted by molar-refractivity contribution is 0.0690. The summed E-state index contributed by atoms with van der Waals surface area (Å²) in [5, 5.41) is 15.4. The molecule has 0 spiro atoms. The van der Waals surface area contributed by atoms with Crippen molar-refractivity contribution in [3.05, 3.63) is 47.3 Å². The standard InChI is InChI=1S/C12H11F2N3O2/c1-17-6-9(11(16-17)12(18)19)15-5-7-3-2-4-8(13)10(7)14/h2-4,6,15H,5H2,1H3,(H,18,19). The summed E-state index contributed by atoms with van der Waals surface area (Å²) < 4.78 is 27.7. The number of benzene rings is 1. The number of aryl methyl sites for hydroxylation is 1. The molecule has 0 aliphatic rings. The Morgan fingerprint density at radius 1 is 1.47 bits per heavy atom. The van der Waals surface area contributed by atoms with E-state index in [9.17, 15) is 13.6 Å². The van der Waals surface area contributed by atoms with Crippen molar-refractivity contribution < 1.29 is 18.7 Å². The summed E-state index contributed by atoms with van der Waals surface area (Å²) >= 11 is 0. The van der Waals surface area contributed by atoms with Gasteiger partial charge in [0.2, 0.25) is 0 Å². The van der Waals surface area contributed by atoms with Crippen molar-refractivity contribution >= 4 is 11.7 Å². The third-order valence-corrected chi connectivity index (χ3v) is 2.53. The molecule has 0 radical (unpaired) electrons. The third kappa shape index (κ3) is 2.70. The normalized spacial score (nSPS) is 10.5. The van der Waals surface area contributed by atoms with Gasteiger partial charge in [0.05, 0.1) is 5.69 Å². The number of halogens is 2. The fraction of sp³-hybridized carbons (Fsp3) is 0.167. The first kappa shape index (κ1) is 13.0. The van der Waals surface area contributed by atoms with Crippen molar-refractivity contribution in [1.29, 1.82) is 0 Å². The van der Waals surface area contributed by atoms with Gasteiger partial charge in [-0.05, 0) is 6.07 Å². The average Bonchev–Trinajstić information content (AvgIpc) is 2.73. The molecule has 2 rings (SSSR count). The zero-order valence-corrected chi connectivity index (χ0v) is 10.0. The highest BCUT2D eigenvalue weighted by molar-refractivity contribution is 5.91. The molecule has 0 saturated heterocycles. The van der Waals surface area contributed by atoms with Gasteiger partial charge in [-0.3, -0.25) is 4.68 Å². The van der Waals surface area contributed by atoms with Crippen LogP contribution in [0.25, 0.3) is 0 Å². The maximum absolute atomic E-state index is 13.4. The molecule has 1 heterocycles. The highest BCUT2D eigenvalue weighted by atomic mass is 19.2. The average molecular weight is 267 g/mol. The van der Waals surface area contributed by atoms with Crippen LogP contribution in [0.4, 0.5) is 14.5 Å². The second kappa shape index (κ2) is 5.05. The number of hydrogen-bond acceptors (Lipinski definition) is 3. The van der Waals surface area contributed by atoms with Crippen LogP contribution in [-0.4, -0.2) is 20.9 Å². The molecule has 100 valence electrons. The van der Waals surface area contributed by atoms with Gasteiger partial charge in [0.25, 0.3) is 0 Å². The van der Waals surface area contributed by atoms with Crippen LogP contribution in [0.3, 0.4) is 0 Å². The number of anilines is 1. The third-order valence-electron chi connectivity index (χ3n) is 2.53. The van der Waals surface area contributed by atoms with Crippen molar-refractivity contribution in [3.63, 3.8) is 0 Å². The van der Waals surface area contributed by atoms with E-state index in [1.165, 1.54) is 23.0 Å². The summed E-state index contributed by atoms with van der Waals surface area (Å²) in [5.41, 5.74) is 0.193. The van der Waals surface area contributed by atoms with E-state index in [4.69, 9.17) is 5.11 Å². The van der Waals surface area contributed by atoms with E-state index < -0.39 is 17.6 Å². The minimum absolute atomic E-state index is 0.0322. The molecule has 2 N–H and O–H groups in total. The SMILES string of the molecule is Cn1cc(NCc2cccc(F)c2F)c(C(=O)O)n1. The van der Waals surface area contributed by atoms with Crippen molar-refractivity contribution in [2.75, 3.05) is 5.32 Å². The summed E-state index contributed by atoms with van der Waals surface area (Å²) in [6.45, 7) is -0.0322. The molecule has 0 aliphatic heterocycles. The Kier molecular flexibility index (Phi) is 3.46. The second-order valence-corrected chi connectivity index (χ2v) is 3.94. The molecular weight excluding hydrogens is 256 g/mol. The zero-order chi connectivity index (χ0) is 14.0. The van der Waals surface area contributed by atoms with Gasteiger partial charge in [-0.1, -0.05) is 12.1 Å². The van der Waals surface area contributed by atoms with Crippen molar-refractivity contribution in [3.8, 4) is 0 Å². The summed E-state index contributed by atoms with van der Waals surface area (Å²) in [4.78, 5) is 10.9. The molecule has 0 amide bonds. The van der Waals surface area contributed by atoms with E-state index in [-0.39, 0.29) is 23.5 Å². The van der Waals surface area contributed by atoms with Crippen LogP contribution in [-0.2, 0) is 13.6 Å². The fourth-order valence-electron chi connectivity index (χ4n) is 1.65. The van der Waals surface area contributed by atoms with E-state index in [2.05, 4.69) is 10.4 Å². The van der Waals surface area contributed by atoms with Gasteiger partial charge >= 0.3 is 5.97 Å². The van der Waals surface area contributed by atoms with Gasteiger partial charge in [0, 0.05) is 25.4 Å². The summed E-state index contributed by atoms with van der Waals surface area (Å²) in [6.07, 6.45) is 1.46. The number of carboxylic acid groups (broad SMARTS) is 1. The number of carboxylic acids is 1. The predicted octanol–water partition coefficient (Wildman–Crippen LogP) is 2.01. The molecule has 0 unspecified atom stereocenters. The van der Waals surface area contributed by atoms with Gasteiger partial charge in [0.15, 0.2) is 17.3 Å². The number of nitrogens with one attached hydrogen (secondary N) is 1. The fourth-order valence-corrected chi connectivity index (χ4v) is 1.65. The second-order valence-electron chi connectivity index (χ2n) is 3.94. The molecule has 7 heteroatoms. The number of aromatic carboxylic acids is 1. The van der Waals surface area contributed by atoms with Crippen LogP contribution in [0.2, 0.25) is 0 Å². The minimum Gasteiger partial charge on any atom is -0.476 e. The smallest absolute Gasteiger partial charge is 0.358 e. The maximum atomic E-state index is 13.4. The monoisotopic (exact) mass is 267 g/mol. The molecule has 1 aromatic carbocycles. The lowest BCUT2D eigenvalue weighted by Crippen LogP contribution is -2.07. The molecule has 5 nitrogen and oxygen atoms in total. The van der Waals surface area contributed by atoms with Crippen molar-refractivity contribution in [1.82, 2.24) is 9.78 Å². The van der Waals surface area contributed by atoms with Crippen molar-refractivity contribution in [2.24, 2.45) is 7.05 Å². The molecule has 0 atom stereocenters. The van der Waals surface area contributed by atoms with Gasteiger partial charge in [-0.15, -0.1) is 0 Å². The Morgan fingerprint density at radius 3 is 2.89 bits per heavy atom. The molecule has 19 heavy (non-hydrogen) atoms. The van der Waals surface area contributed by atoms with Crippen LogP contribution < -0.4 is 5.32 Å². The number of carbonyl (C=O) groups is 1. The van der Waals surface area contributed by atoms with Gasteiger partial charge in [0.1, 0.15) is 0 Å². The van der Waals surface area contributed by atoms with E-state index >= 15 is 0 Å². The molecule has 0 saturated carbocycles. The highest BCUT2D eigenvalue weighted by Crippen LogP contribution is 2.17. The topological polar surface area (TPSA) is 67.2 Å². The Labute approximate surface area is 107 Å². The summed E-state index contributed by atoms with van der Waals surface area (Å²) in [6, 6.07) is 3.82. The highest BCUT2D eigenvalue weighted by Gasteiger charge is 2.15. The first-order valence-corrected chi connectivity index (χ1v) is 5.42. The summed E-state index contributed by atoms with van der Waals surface area (Å²) in [5.74, 6) is -3.08. The van der Waals surface area contributed by atoms with Crippen LogP contribution in [0.15, 0.2) is 24.4 Å². The number of rotatable bonds is 4.